The largest absolute Gasteiger partial charge is 0.478 e. The average Bonchev–Trinajstić information content (AvgIpc) is 2.54. The van der Waals surface area contributed by atoms with Crippen LogP contribution in [0.4, 0.5) is 0 Å². The van der Waals surface area contributed by atoms with E-state index in [9.17, 15) is 13.2 Å². The molecule has 3 aromatic rings. The highest BCUT2D eigenvalue weighted by Gasteiger charge is 2.06. The molecule has 0 aliphatic rings. The maximum atomic E-state index is 10.6. The Kier molecular flexibility index (Phi) is 5.33. The molecule has 0 aromatic heterocycles. The molecule has 3 rings (SSSR count). The smallest absolute Gasteiger partial charge is 0.335 e. The van der Waals surface area contributed by atoms with Crippen molar-refractivity contribution in [3.63, 3.8) is 0 Å². The van der Waals surface area contributed by atoms with Crippen LogP contribution in [0.5, 0.6) is 0 Å². The van der Waals surface area contributed by atoms with Gasteiger partial charge in [0.1, 0.15) is 0 Å². The number of aromatic carboxylic acids is 1. The molecule has 3 aromatic carbocycles. The Morgan fingerprint density at radius 2 is 1.46 bits per heavy atom. The highest BCUT2D eigenvalue weighted by molar-refractivity contribution is 7.85. The monoisotopic (exact) mass is 344 g/mol. The molecule has 24 heavy (non-hydrogen) atoms. The van der Waals surface area contributed by atoms with Crippen LogP contribution in [-0.4, -0.2) is 24.0 Å². The van der Waals surface area contributed by atoms with E-state index in [2.05, 4.69) is 0 Å². The molecule has 0 aliphatic carbocycles. The predicted octanol–water partition coefficient (Wildman–Crippen LogP) is 3.78. The van der Waals surface area contributed by atoms with Gasteiger partial charge in [0.15, 0.2) is 0 Å². The Morgan fingerprint density at radius 1 is 0.875 bits per heavy atom. The van der Waals surface area contributed by atoms with Gasteiger partial charge in [-0.25, -0.2) is 4.79 Å². The van der Waals surface area contributed by atoms with Gasteiger partial charge in [0.2, 0.25) is 0 Å². The number of rotatable bonds is 2. The van der Waals surface area contributed by atoms with Crippen LogP contribution in [0.2, 0.25) is 0 Å². The predicted molar refractivity (Wildman–Crippen MR) is 91.9 cm³/mol. The molecule has 0 unspecified atom stereocenters. The second-order valence-corrected chi connectivity index (χ2v) is 6.58. The number of aryl methyl sites for hydroxylation is 1. The van der Waals surface area contributed by atoms with Crippen LogP contribution in [0.1, 0.15) is 15.9 Å². The number of carbonyl (C=O) groups is 1. The van der Waals surface area contributed by atoms with Crippen molar-refractivity contribution in [3.8, 4) is 0 Å². The summed E-state index contributed by atoms with van der Waals surface area (Å²) < 4.78 is 29.6. The number of carboxylic acid groups (broad SMARTS) is 1. The summed E-state index contributed by atoms with van der Waals surface area (Å²) in [5, 5.41) is 10.8. The molecule has 0 aliphatic heterocycles. The lowest BCUT2D eigenvalue weighted by Gasteiger charge is -1.98. The highest BCUT2D eigenvalue weighted by Crippen LogP contribution is 2.15. The van der Waals surface area contributed by atoms with Crippen LogP contribution in [-0.2, 0) is 10.1 Å². The van der Waals surface area contributed by atoms with Gasteiger partial charge in [-0.05, 0) is 42.0 Å². The second kappa shape index (κ2) is 7.25. The first-order valence-electron chi connectivity index (χ1n) is 7.03. The van der Waals surface area contributed by atoms with Crippen molar-refractivity contribution in [1.29, 1.82) is 0 Å². The molecule has 0 bridgehead atoms. The minimum Gasteiger partial charge on any atom is -0.478 e. The van der Waals surface area contributed by atoms with Gasteiger partial charge < -0.3 is 5.11 Å². The first-order chi connectivity index (χ1) is 11.3. The van der Waals surface area contributed by atoms with E-state index in [0.717, 1.165) is 16.3 Å². The fourth-order valence-corrected chi connectivity index (χ4v) is 2.51. The summed E-state index contributed by atoms with van der Waals surface area (Å²) in [5.41, 5.74) is 1.29. The van der Waals surface area contributed by atoms with E-state index in [1.54, 1.807) is 24.3 Å². The van der Waals surface area contributed by atoms with Gasteiger partial charge in [0, 0.05) is 0 Å². The van der Waals surface area contributed by atoms with E-state index in [0.29, 0.717) is 5.56 Å². The summed E-state index contributed by atoms with van der Waals surface area (Å²) in [6.45, 7) is 1.84. The molecule has 0 amide bonds. The Morgan fingerprint density at radius 3 is 2.00 bits per heavy atom. The van der Waals surface area contributed by atoms with Crippen LogP contribution in [0, 0.1) is 6.92 Å². The molecule has 0 radical (unpaired) electrons. The molecular formula is C18H16O5S. The molecule has 0 saturated heterocycles. The molecule has 0 heterocycles. The minimum atomic E-state index is -4.02. The Balaban J connectivity index is 0.000000177. The SMILES string of the molecule is Cc1ccc(S(=O)(=O)O)cc1.O=C(O)c1ccc2ccccc2c1. The van der Waals surface area contributed by atoms with Gasteiger partial charge in [-0.1, -0.05) is 48.0 Å². The maximum absolute atomic E-state index is 10.6. The number of fused-ring (bicyclic) bond motifs is 1. The minimum absolute atomic E-state index is 0.0666. The number of hydrogen-bond donors (Lipinski definition) is 2. The summed E-state index contributed by atoms with van der Waals surface area (Å²) in [7, 11) is -4.02. The summed E-state index contributed by atoms with van der Waals surface area (Å²) >= 11 is 0. The van der Waals surface area contributed by atoms with Crippen LogP contribution in [0.25, 0.3) is 10.8 Å². The maximum Gasteiger partial charge on any atom is 0.335 e. The molecule has 0 spiro atoms. The van der Waals surface area contributed by atoms with Crippen LogP contribution in [0.3, 0.4) is 0 Å². The number of hydrogen-bond acceptors (Lipinski definition) is 3. The third-order valence-electron chi connectivity index (χ3n) is 3.32. The molecule has 0 fully saturated rings. The van der Waals surface area contributed by atoms with Gasteiger partial charge in [-0.15, -0.1) is 0 Å². The molecule has 0 saturated carbocycles. The Hall–Kier alpha value is -2.70. The lowest BCUT2D eigenvalue weighted by molar-refractivity contribution is 0.0697. The topological polar surface area (TPSA) is 91.7 Å². The van der Waals surface area contributed by atoms with E-state index in [4.69, 9.17) is 9.66 Å². The fraction of sp³-hybridized carbons (Fsp3) is 0.0556. The summed E-state index contributed by atoms with van der Waals surface area (Å²) in [6, 6.07) is 18.8. The Bertz CT molecular complexity index is 960. The van der Waals surface area contributed by atoms with E-state index in [1.807, 2.05) is 37.3 Å². The molecule has 5 nitrogen and oxygen atoms in total. The first kappa shape index (κ1) is 17.7. The Labute approximate surface area is 139 Å². The first-order valence-corrected chi connectivity index (χ1v) is 8.47. The molecule has 2 N–H and O–H groups in total. The second-order valence-electron chi connectivity index (χ2n) is 5.16. The average molecular weight is 344 g/mol. The van der Waals surface area contributed by atoms with Crippen molar-refractivity contribution in [3.05, 3.63) is 77.9 Å². The third kappa shape index (κ3) is 4.65. The zero-order valence-electron chi connectivity index (χ0n) is 12.9. The zero-order chi connectivity index (χ0) is 17.7. The van der Waals surface area contributed by atoms with E-state index in [-0.39, 0.29) is 4.90 Å². The summed E-state index contributed by atoms with van der Waals surface area (Å²) in [6.07, 6.45) is 0. The quantitative estimate of drug-likeness (QED) is 0.690. The van der Waals surface area contributed by atoms with E-state index in [1.165, 1.54) is 12.1 Å². The van der Waals surface area contributed by atoms with Crippen molar-refractivity contribution in [1.82, 2.24) is 0 Å². The van der Waals surface area contributed by atoms with Crippen molar-refractivity contribution in [2.75, 3.05) is 0 Å². The van der Waals surface area contributed by atoms with Crippen molar-refractivity contribution in [2.24, 2.45) is 0 Å². The lowest BCUT2D eigenvalue weighted by atomic mass is 10.1. The third-order valence-corrected chi connectivity index (χ3v) is 4.18. The molecule has 6 heteroatoms. The summed E-state index contributed by atoms with van der Waals surface area (Å²) in [4.78, 5) is 10.6. The summed E-state index contributed by atoms with van der Waals surface area (Å²) in [5.74, 6) is -0.884. The van der Waals surface area contributed by atoms with E-state index >= 15 is 0 Å². The van der Waals surface area contributed by atoms with Crippen LogP contribution >= 0.6 is 0 Å². The van der Waals surface area contributed by atoms with E-state index < -0.39 is 16.1 Å². The van der Waals surface area contributed by atoms with Crippen molar-refractivity contribution in [2.45, 2.75) is 11.8 Å². The van der Waals surface area contributed by atoms with Crippen molar-refractivity contribution >= 4 is 26.9 Å². The van der Waals surface area contributed by atoms with Gasteiger partial charge in [-0.2, -0.15) is 8.42 Å². The number of carboxylic acids is 1. The highest BCUT2D eigenvalue weighted by atomic mass is 32.2. The van der Waals surface area contributed by atoms with Crippen molar-refractivity contribution < 1.29 is 22.9 Å². The van der Waals surface area contributed by atoms with Gasteiger partial charge >= 0.3 is 5.97 Å². The van der Waals surface area contributed by atoms with Gasteiger partial charge in [0.25, 0.3) is 10.1 Å². The van der Waals surface area contributed by atoms with Crippen LogP contribution < -0.4 is 0 Å². The lowest BCUT2D eigenvalue weighted by Crippen LogP contribution is -1.96. The standard InChI is InChI=1S/C11H8O2.C7H8O3S/c12-11(13)10-6-5-8-3-1-2-4-9(8)7-10;1-6-2-4-7(5-3-6)11(8,9)10/h1-7H,(H,12,13);2-5H,1H3,(H,8,9,10). The van der Waals surface area contributed by atoms with Crippen LogP contribution in [0.15, 0.2) is 71.6 Å². The van der Waals surface area contributed by atoms with Gasteiger partial charge in [0.05, 0.1) is 10.5 Å². The fourth-order valence-electron chi connectivity index (χ4n) is 2.03. The number of benzene rings is 3. The molecule has 124 valence electrons. The normalized spacial score (nSPS) is 10.8. The zero-order valence-corrected chi connectivity index (χ0v) is 13.7. The molecule has 0 atom stereocenters. The van der Waals surface area contributed by atoms with Gasteiger partial charge in [-0.3, -0.25) is 4.55 Å². The molecular weight excluding hydrogens is 328 g/mol.